The maximum Gasteiger partial charge on any atom is 0.306 e. The van der Waals surface area contributed by atoms with Gasteiger partial charge in [-0.05, 0) is 103 Å². The molecule has 6 N–H and O–H groups in total. The first-order valence-electron chi connectivity index (χ1n) is 34.4. The second kappa shape index (κ2) is 59.2. The van der Waals surface area contributed by atoms with Crippen LogP contribution in [0.25, 0.3) is 0 Å². The Labute approximate surface area is 508 Å². The predicted molar refractivity (Wildman–Crippen MR) is 347 cm³/mol. The highest BCUT2D eigenvalue weighted by Crippen LogP contribution is 2.26. The number of esters is 1. The SMILES string of the molecule is CCCCC/C=C\C/C=C\C/C=C\CCCCCCCCCCCCCCCC(O)C(=O)NC(COC1OC(CO)C(O)C(O)C1OC(=O)CCCCCC/C=C\C/C=C\C/C=C\CCCCC)C(O)/C=C/CCCCCCCCCCC. The molecule has 0 aromatic rings. The number of allylic oxidation sites excluding steroid dienone is 13. The van der Waals surface area contributed by atoms with E-state index in [-0.39, 0.29) is 19.4 Å². The molecule has 0 aromatic heterocycles. The number of hydrogen-bond donors (Lipinski definition) is 6. The summed E-state index contributed by atoms with van der Waals surface area (Å²) >= 11 is 0. The topological polar surface area (TPSA) is 175 Å². The van der Waals surface area contributed by atoms with Crippen LogP contribution in [-0.4, -0.2) is 99.6 Å². The molecule has 0 saturated carbocycles. The van der Waals surface area contributed by atoms with Gasteiger partial charge in [0.25, 0.3) is 0 Å². The van der Waals surface area contributed by atoms with Crippen molar-refractivity contribution in [3.8, 4) is 0 Å². The van der Waals surface area contributed by atoms with Gasteiger partial charge in [-0.1, -0.05) is 273 Å². The van der Waals surface area contributed by atoms with Crippen molar-refractivity contribution in [1.82, 2.24) is 5.32 Å². The van der Waals surface area contributed by atoms with E-state index in [1.54, 1.807) is 6.08 Å². The average Bonchev–Trinajstić information content (AvgIpc) is 3.62. The largest absolute Gasteiger partial charge is 0.454 e. The summed E-state index contributed by atoms with van der Waals surface area (Å²) in [5.74, 6) is -1.22. The number of carbonyl (C=O) groups excluding carboxylic acids is 2. The molecule has 1 amide bonds. The van der Waals surface area contributed by atoms with E-state index in [9.17, 15) is 35.1 Å². The number of amides is 1. The molecule has 11 nitrogen and oxygen atoms in total. The molecule has 1 aliphatic rings. The van der Waals surface area contributed by atoms with Crippen molar-refractivity contribution in [2.45, 2.75) is 346 Å². The Bertz CT molecular complexity index is 1670. The molecule has 0 radical (unpaired) electrons. The van der Waals surface area contributed by atoms with Gasteiger partial charge in [0.2, 0.25) is 5.91 Å². The third-order valence-corrected chi connectivity index (χ3v) is 15.8. The molecule has 0 aromatic carbocycles. The highest BCUT2D eigenvalue weighted by atomic mass is 16.7. The monoisotopic (exact) mass is 1170 g/mol. The van der Waals surface area contributed by atoms with E-state index in [2.05, 4.69) is 99.0 Å². The van der Waals surface area contributed by atoms with Crippen molar-refractivity contribution in [2.24, 2.45) is 0 Å². The van der Waals surface area contributed by atoms with Gasteiger partial charge in [-0.3, -0.25) is 9.59 Å². The minimum atomic E-state index is -1.63. The molecule has 1 rings (SSSR count). The summed E-state index contributed by atoms with van der Waals surface area (Å²) in [5.41, 5.74) is 0. The quantitative estimate of drug-likeness (QED) is 0.0195. The van der Waals surface area contributed by atoms with Crippen LogP contribution in [0.1, 0.15) is 297 Å². The van der Waals surface area contributed by atoms with Gasteiger partial charge in [-0.15, -0.1) is 0 Å². The summed E-state index contributed by atoms with van der Waals surface area (Å²) < 4.78 is 17.6. The molecule has 11 heteroatoms. The van der Waals surface area contributed by atoms with Gasteiger partial charge >= 0.3 is 5.97 Å². The Balaban J connectivity index is 2.57. The molecular weight excluding hydrogens is 1040 g/mol. The van der Waals surface area contributed by atoms with E-state index >= 15 is 0 Å². The highest BCUT2D eigenvalue weighted by molar-refractivity contribution is 5.80. The first kappa shape index (κ1) is 77.9. The van der Waals surface area contributed by atoms with Crippen molar-refractivity contribution in [3.05, 3.63) is 85.1 Å². The number of rotatable bonds is 58. The first-order chi connectivity index (χ1) is 40.7. The molecule has 8 unspecified atom stereocenters. The molecule has 1 fully saturated rings. The fraction of sp³-hybridized carbons (Fsp3) is 0.778. The lowest BCUT2D eigenvalue weighted by atomic mass is 9.99. The third kappa shape index (κ3) is 46.7. The smallest absolute Gasteiger partial charge is 0.306 e. The number of ether oxygens (including phenoxy) is 3. The molecule has 1 heterocycles. The zero-order chi connectivity index (χ0) is 60.3. The molecular formula is C72H127NO10. The number of hydrogen-bond acceptors (Lipinski definition) is 10. The Hall–Kier alpha value is -3.16. The molecule has 0 bridgehead atoms. The lowest BCUT2D eigenvalue weighted by Gasteiger charge is -2.41. The van der Waals surface area contributed by atoms with Crippen LogP contribution in [0.3, 0.4) is 0 Å². The molecule has 0 aliphatic carbocycles. The van der Waals surface area contributed by atoms with Crippen LogP contribution in [0, 0.1) is 0 Å². The predicted octanol–water partition coefficient (Wildman–Crippen LogP) is 17.3. The Morgan fingerprint density at radius 2 is 0.831 bits per heavy atom. The lowest BCUT2D eigenvalue weighted by Crippen LogP contribution is -2.61. The number of aliphatic hydroxyl groups is 5. The summed E-state index contributed by atoms with van der Waals surface area (Å²) in [7, 11) is 0. The van der Waals surface area contributed by atoms with Crippen molar-refractivity contribution in [1.29, 1.82) is 0 Å². The normalized spacial score (nSPS) is 19.1. The summed E-state index contributed by atoms with van der Waals surface area (Å²) in [5, 5.41) is 57.1. The average molecular weight is 1170 g/mol. The second-order valence-corrected chi connectivity index (χ2v) is 23.6. The summed E-state index contributed by atoms with van der Waals surface area (Å²) in [6.07, 6.45) is 67.7. The van der Waals surface area contributed by atoms with Crippen LogP contribution in [0.15, 0.2) is 85.1 Å². The van der Waals surface area contributed by atoms with Gasteiger partial charge in [-0.25, -0.2) is 0 Å². The van der Waals surface area contributed by atoms with Crippen LogP contribution in [0.5, 0.6) is 0 Å². The van der Waals surface area contributed by atoms with E-state index in [1.807, 2.05) is 6.08 Å². The summed E-state index contributed by atoms with van der Waals surface area (Å²) in [4.78, 5) is 26.6. The molecule has 1 aliphatic heterocycles. The maximum absolute atomic E-state index is 13.5. The lowest BCUT2D eigenvalue weighted by molar-refractivity contribution is -0.305. The van der Waals surface area contributed by atoms with Gasteiger partial charge in [-0.2, -0.15) is 0 Å². The number of nitrogens with one attached hydrogen (secondary N) is 1. The maximum atomic E-state index is 13.5. The Morgan fingerprint density at radius 3 is 1.27 bits per heavy atom. The van der Waals surface area contributed by atoms with Gasteiger partial charge in [0, 0.05) is 6.42 Å². The standard InChI is InChI=1S/C72H127NO10/c1-4-7-10-13-16-19-22-24-26-28-29-30-31-32-33-34-35-36-38-39-41-44-47-50-53-56-59-65(76)71(80)73-63(64(75)58-55-52-49-46-43-21-18-15-12-9-6-3)62-81-72-70(69(79)68(78)66(61-74)82-72)83-67(77)60-57-54-51-48-45-42-40-37-27-25-23-20-17-14-11-8-5-2/h16-17,19-20,24-27,29-30,40,42,55,58,63-66,68-70,72,74-76,78-79H,4-15,18,21-23,28,31-39,41,43-54,56-57,59-62H2,1-3H3,(H,73,80)/b19-16-,20-17-,26-24-,27-25-,30-29-,42-40-,58-55+. The van der Waals surface area contributed by atoms with Gasteiger partial charge in [0.15, 0.2) is 12.4 Å². The fourth-order valence-corrected chi connectivity index (χ4v) is 10.3. The molecule has 83 heavy (non-hydrogen) atoms. The Morgan fingerprint density at radius 1 is 0.470 bits per heavy atom. The molecule has 480 valence electrons. The van der Waals surface area contributed by atoms with E-state index in [0.29, 0.717) is 12.8 Å². The second-order valence-electron chi connectivity index (χ2n) is 23.6. The number of unbranched alkanes of at least 4 members (excludes halogenated alkanes) is 32. The molecule has 0 spiro atoms. The van der Waals surface area contributed by atoms with Crippen LogP contribution in [-0.2, 0) is 23.8 Å². The van der Waals surface area contributed by atoms with Crippen molar-refractivity contribution < 1.29 is 49.3 Å². The van der Waals surface area contributed by atoms with Gasteiger partial charge in [0.1, 0.15) is 24.4 Å². The van der Waals surface area contributed by atoms with E-state index in [1.165, 1.54) is 154 Å². The zero-order valence-corrected chi connectivity index (χ0v) is 53.3. The van der Waals surface area contributed by atoms with Crippen molar-refractivity contribution >= 4 is 11.9 Å². The minimum absolute atomic E-state index is 0.0958. The van der Waals surface area contributed by atoms with Gasteiger partial charge in [0.05, 0.1) is 25.4 Å². The zero-order valence-electron chi connectivity index (χ0n) is 53.3. The van der Waals surface area contributed by atoms with Crippen molar-refractivity contribution in [3.63, 3.8) is 0 Å². The van der Waals surface area contributed by atoms with Crippen LogP contribution < -0.4 is 5.32 Å². The highest BCUT2D eigenvalue weighted by Gasteiger charge is 2.47. The summed E-state index contributed by atoms with van der Waals surface area (Å²) in [6, 6.07) is -1.03. The molecule has 8 atom stereocenters. The van der Waals surface area contributed by atoms with Crippen LogP contribution in [0.2, 0.25) is 0 Å². The first-order valence-corrected chi connectivity index (χ1v) is 34.4. The summed E-state index contributed by atoms with van der Waals surface area (Å²) in [6.45, 7) is 5.73. The Kier molecular flexibility index (Phi) is 55.5. The molecule has 1 saturated heterocycles. The fourth-order valence-electron chi connectivity index (χ4n) is 10.3. The van der Waals surface area contributed by atoms with Crippen LogP contribution in [0.4, 0.5) is 0 Å². The third-order valence-electron chi connectivity index (χ3n) is 15.8. The van der Waals surface area contributed by atoms with Crippen molar-refractivity contribution in [2.75, 3.05) is 13.2 Å². The van der Waals surface area contributed by atoms with Crippen LogP contribution >= 0.6 is 0 Å². The van der Waals surface area contributed by atoms with E-state index in [4.69, 9.17) is 14.2 Å². The number of aliphatic hydroxyl groups excluding tert-OH is 5. The minimum Gasteiger partial charge on any atom is -0.454 e. The van der Waals surface area contributed by atoms with Gasteiger partial charge < -0.3 is 45.1 Å². The van der Waals surface area contributed by atoms with E-state index < -0.39 is 67.4 Å². The number of carbonyl (C=O) groups is 2. The van der Waals surface area contributed by atoms with E-state index in [0.717, 1.165) is 96.3 Å².